The lowest BCUT2D eigenvalue weighted by Gasteiger charge is -2.46. The van der Waals surface area contributed by atoms with Gasteiger partial charge in [-0.05, 0) is 79.8 Å². The first kappa shape index (κ1) is 28.6. The Hall–Kier alpha value is -3.45. The number of rotatable bonds is 7. The molecule has 1 saturated heterocycles. The van der Waals surface area contributed by atoms with Crippen molar-refractivity contribution in [1.29, 1.82) is 0 Å². The van der Waals surface area contributed by atoms with Crippen molar-refractivity contribution in [3.63, 3.8) is 0 Å². The van der Waals surface area contributed by atoms with Gasteiger partial charge in [0.25, 0.3) is 0 Å². The fourth-order valence-electron chi connectivity index (χ4n) is 5.52. The second-order valence-electron chi connectivity index (χ2n) is 11.1. The fraction of sp³-hybridized carbons (Fsp3) is 0.387. The Morgan fingerprint density at radius 1 is 1.10 bits per heavy atom. The highest BCUT2D eigenvalue weighted by atomic mass is 35.5. The van der Waals surface area contributed by atoms with Crippen LogP contribution in [0.3, 0.4) is 0 Å². The van der Waals surface area contributed by atoms with Gasteiger partial charge in [-0.1, -0.05) is 48.0 Å². The van der Waals surface area contributed by atoms with Gasteiger partial charge in [0.05, 0.1) is 5.92 Å². The van der Waals surface area contributed by atoms with E-state index in [9.17, 15) is 18.8 Å². The van der Waals surface area contributed by atoms with Gasteiger partial charge in [-0.25, -0.2) is 9.18 Å². The molecule has 8 heteroatoms. The minimum atomic E-state index is -0.770. The molecule has 1 fully saturated rings. The second kappa shape index (κ2) is 11.7. The molecule has 1 N–H and O–H groups in total. The Bertz CT molecular complexity index is 1340. The summed E-state index contributed by atoms with van der Waals surface area (Å²) in [7, 11) is 0. The van der Waals surface area contributed by atoms with Crippen molar-refractivity contribution in [3.05, 3.63) is 82.6 Å². The molecule has 0 aromatic heterocycles. The van der Waals surface area contributed by atoms with E-state index in [0.29, 0.717) is 31.0 Å². The molecule has 4 rings (SSSR count). The van der Waals surface area contributed by atoms with Crippen molar-refractivity contribution in [1.82, 2.24) is 10.2 Å². The van der Waals surface area contributed by atoms with Crippen molar-refractivity contribution in [2.75, 3.05) is 13.1 Å². The second-order valence-corrected chi connectivity index (χ2v) is 11.5. The van der Waals surface area contributed by atoms with Gasteiger partial charge in [0.15, 0.2) is 0 Å². The third-order valence-corrected chi connectivity index (χ3v) is 7.63. The molecule has 1 aliphatic rings. The smallest absolute Gasteiger partial charge is 0.410 e. The zero-order valence-corrected chi connectivity index (χ0v) is 23.3. The van der Waals surface area contributed by atoms with Crippen molar-refractivity contribution in [2.24, 2.45) is 5.92 Å². The highest BCUT2D eigenvalue weighted by molar-refractivity contribution is 6.31. The van der Waals surface area contributed by atoms with Crippen LogP contribution in [0.2, 0.25) is 5.02 Å². The van der Waals surface area contributed by atoms with E-state index in [4.69, 9.17) is 16.3 Å². The van der Waals surface area contributed by atoms with Crippen molar-refractivity contribution < 1.29 is 23.5 Å². The van der Waals surface area contributed by atoms with Crippen LogP contribution in [0.5, 0.6) is 0 Å². The fourth-order valence-corrected chi connectivity index (χ4v) is 5.77. The van der Waals surface area contributed by atoms with Crippen LogP contribution in [0, 0.1) is 11.7 Å². The van der Waals surface area contributed by atoms with Crippen LogP contribution < -0.4 is 5.32 Å². The molecule has 3 aromatic carbocycles. The molecule has 1 atom stereocenters. The maximum atomic E-state index is 13.9. The number of hydrogen-bond acceptors (Lipinski definition) is 4. The molecule has 3 aromatic rings. The number of ether oxygens (including phenoxy) is 1. The van der Waals surface area contributed by atoms with E-state index in [1.807, 2.05) is 57.2 Å². The van der Waals surface area contributed by atoms with Gasteiger partial charge in [0.1, 0.15) is 17.7 Å². The van der Waals surface area contributed by atoms with Gasteiger partial charge < -0.3 is 19.7 Å². The Balaban J connectivity index is 1.62. The van der Waals surface area contributed by atoms with Gasteiger partial charge in [-0.3, -0.25) is 4.79 Å². The molecule has 39 heavy (non-hydrogen) atoms. The molecule has 0 saturated carbocycles. The average Bonchev–Trinajstić information content (AvgIpc) is 2.89. The number of hydrogen-bond donors (Lipinski definition) is 1. The lowest BCUT2D eigenvalue weighted by molar-refractivity contribution is -0.130. The Kier molecular flexibility index (Phi) is 8.60. The molecule has 0 spiro atoms. The van der Waals surface area contributed by atoms with E-state index in [-0.39, 0.29) is 24.7 Å². The van der Waals surface area contributed by atoms with Gasteiger partial charge in [0.2, 0.25) is 5.91 Å². The Morgan fingerprint density at radius 3 is 2.41 bits per heavy atom. The van der Waals surface area contributed by atoms with E-state index >= 15 is 0 Å². The van der Waals surface area contributed by atoms with Crippen LogP contribution in [0.25, 0.3) is 10.8 Å². The molecule has 6 nitrogen and oxygen atoms in total. The highest BCUT2D eigenvalue weighted by Gasteiger charge is 2.47. The number of nitrogens with one attached hydrogen (secondary N) is 1. The maximum Gasteiger partial charge on any atom is 0.410 e. The first-order valence-corrected chi connectivity index (χ1v) is 13.5. The Morgan fingerprint density at radius 2 is 1.77 bits per heavy atom. The third kappa shape index (κ3) is 6.59. The topological polar surface area (TPSA) is 75.7 Å². The summed E-state index contributed by atoms with van der Waals surface area (Å²) in [6.07, 6.45) is 1.17. The van der Waals surface area contributed by atoms with Crippen molar-refractivity contribution in [3.8, 4) is 0 Å². The van der Waals surface area contributed by atoms with Gasteiger partial charge >= 0.3 is 6.09 Å². The minimum absolute atomic E-state index is 0.00800. The average molecular weight is 553 g/mol. The van der Waals surface area contributed by atoms with Gasteiger partial charge in [-0.2, -0.15) is 0 Å². The number of fused-ring (bicyclic) bond motifs is 1. The maximum absolute atomic E-state index is 13.9. The molecule has 1 unspecified atom stereocenters. The number of carbonyl (C=O) groups excluding carboxylic acids is 3. The monoisotopic (exact) mass is 552 g/mol. The first-order valence-electron chi connectivity index (χ1n) is 13.1. The molecule has 206 valence electrons. The first-order chi connectivity index (χ1) is 18.5. The number of amides is 2. The van der Waals surface area contributed by atoms with Crippen molar-refractivity contribution in [2.45, 2.75) is 57.6 Å². The molecular weight excluding hydrogens is 519 g/mol. The number of halogens is 2. The molecule has 0 bridgehead atoms. The van der Waals surface area contributed by atoms with Crippen LogP contribution in [0.15, 0.2) is 60.7 Å². The summed E-state index contributed by atoms with van der Waals surface area (Å²) in [6, 6.07) is 17.6. The standard InChI is InChI=1S/C31H34ClFN2O4/c1-30(2,3)39-29(38)35-15-13-31(14-16-35,23-8-10-25(33)11-9-23)27(12-17-36)28(37)34-20-22-19-24(32)18-21-6-4-5-7-26(21)22/h4-11,17-19,27H,12-16,20H2,1-3H3,(H,34,37). The molecule has 2 amide bonds. The van der Waals surface area contributed by atoms with Crippen LogP contribution in [0.4, 0.5) is 9.18 Å². The van der Waals surface area contributed by atoms with Crippen LogP contribution >= 0.6 is 11.6 Å². The SMILES string of the molecule is CC(C)(C)OC(=O)N1CCC(c2ccc(F)cc2)(C(CC=O)C(=O)NCc2cc(Cl)cc3ccccc23)CC1. The van der Waals surface area contributed by atoms with E-state index in [0.717, 1.165) is 28.2 Å². The number of carbonyl (C=O) groups is 3. The van der Waals surface area contributed by atoms with Crippen LogP contribution in [-0.2, 0) is 26.3 Å². The normalized spacial score (nSPS) is 16.0. The number of benzene rings is 3. The van der Waals surface area contributed by atoms with E-state index in [2.05, 4.69) is 5.32 Å². The predicted molar refractivity (Wildman–Crippen MR) is 150 cm³/mol. The molecule has 1 aliphatic heterocycles. The van der Waals surface area contributed by atoms with Gasteiger partial charge in [0, 0.05) is 36.5 Å². The zero-order valence-electron chi connectivity index (χ0n) is 22.5. The summed E-state index contributed by atoms with van der Waals surface area (Å²) in [5, 5.41) is 5.55. The lowest BCUT2D eigenvalue weighted by atomic mass is 9.63. The highest BCUT2D eigenvalue weighted by Crippen LogP contribution is 2.44. The Labute approximate surface area is 233 Å². The largest absolute Gasteiger partial charge is 0.444 e. The molecular formula is C31H34ClFN2O4. The molecule has 1 heterocycles. The van der Waals surface area contributed by atoms with Crippen molar-refractivity contribution >= 4 is 40.7 Å². The lowest BCUT2D eigenvalue weighted by Crippen LogP contribution is -2.53. The zero-order chi connectivity index (χ0) is 28.2. The number of piperidine rings is 1. The predicted octanol–water partition coefficient (Wildman–Crippen LogP) is 6.42. The summed E-state index contributed by atoms with van der Waals surface area (Å²) in [5.41, 5.74) is 0.232. The summed E-state index contributed by atoms with van der Waals surface area (Å²) in [5.74, 6) is -1.38. The summed E-state index contributed by atoms with van der Waals surface area (Å²) < 4.78 is 19.4. The third-order valence-electron chi connectivity index (χ3n) is 7.41. The number of likely N-dealkylation sites (tertiary alicyclic amines) is 1. The number of nitrogens with zero attached hydrogens (tertiary/aromatic N) is 1. The van der Waals surface area contributed by atoms with E-state index < -0.39 is 23.0 Å². The quantitative estimate of drug-likeness (QED) is 0.343. The summed E-state index contributed by atoms with van der Waals surface area (Å²) in [4.78, 5) is 40.0. The van der Waals surface area contributed by atoms with Crippen LogP contribution in [0.1, 0.15) is 51.2 Å². The van der Waals surface area contributed by atoms with Crippen LogP contribution in [-0.4, -0.2) is 41.9 Å². The summed E-state index contributed by atoms with van der Waals surface area (Å²) >= 11 is 6.34. The number of aldehydes is 1. The minimum Gasteiger partial charge on any atom is -0.444 e. The molecule has 0 radical (unpaired) electrons. The van der Waals surface area contributed by atoms with E-state index in [1.54, 1.807) is 17.0 Å². The summed E-state index contributed by atoms with van der Waals surface area (Å²) in [6.45, 7) is 6.35. The van der Waals surface area contributed by atoms with Gasteiger partial charge in [-0.15, -0.1) is 0 Å². The van der Waals surface area contributed by atoms with E-state index in [1.165, 1.54) is 12.1 Å². The molecule has 0 aliphatic carbocycles.